The molecule has 2 aliphatic rings. The average molecular weight is 433 g/mol. The van der Waals surface area contributed by atoms with Crippen LogP contribution in [-0.2, 0) is 9.47 Å². The van der Waals surface area contributed by atoms with E-state index in [1.807, 2.05) is 32.0 Å². The second kappa shape index (κ2) is 7.86. The third kappa shape index (κ3) is 4.18. The molecule has 0 radical (unpaired) electrons. The molecule has 144 valence electrons. The highest BCUT2D eigenvalue weighted by atomic mass is 79.9. The quantitative estimate of drug-likeness (QED) is 0.745. The van der Waals surface area contributed by atoms with Crippen molar-refractivity contribution in [3.05, 3.63) is 39.5 Å². The summed E-state index contributed by atoms with van der Waals surface area (Å²) in [6, 6.07) is 5.87. The SMILES string of the molecule is Cc1c(C2CC2)nc2ccc(Br)cc2c1C(=O)NC(C)COC1CCOC1. The van der Waals surface area contributed by atoms with E-state index in [1.54, 1.807) is 0 Å². The highest BCUT2D eigenvalue weighted by Gasteiger charge is 2.30. The Hall–Kier alpha value is -1.50. The van der Waals surface area contributed by atoms with Gasteiger partial charge in [-0.25, -0.2) is 0 Å². The van der Waals surface area contributed by atoms with E-state index in [4.69, 9.17) is 14.5 Å². The Kier molecular flexibility index (Phi) is 5.48. The zero-order chi connectivity index (χ0) is 19.0. The minimum Gasteiger partial charge on any atom is -0.379 e. The van der Waals surface area contributed by atoms with Crippen molar-refractivity contribution in [3.63, 3.8) is 0 Å². The molecule has 2 atom stereocenters. The second-order valence-corrected chi connectivity index (χ2v) is 8.54. The van der Waals surface area contributed by atoms with Gasteiger partial charge in [-0.15, -0.1) is 0 Å². The molecule has 0 spiro atoms. The fourth-order valence-corrected chi connectivity index (χ4v) is 4.02. The largest absolute Gasteiger partial charge is 0.379 e. The van der Waals surface area contributed by atoms with Crippen LogP contribution in [-0.4, -0.2) is 42.9 Å². The first-order valence-electron chi connectivity index (χ1n) is 9.63. The first-order valence-corrected chi connectivity index (χ1v) is 10.4. The van der Waals surface area contributed by atoms with Crippen LogP contribution in [0.2, 0.25) is 0 Å². The lowest BCUT2D eigenvalue weighted by Crippen LogP contribution is -2.37. The fraction of sp³-hybridized carbons (Fsp3) is 0.524. The van der Waals surface area contributed by atoms with E-state index in [1.165, 1.54) is 0 Å². The van der Waals surface area contributed by atoms with E-state index in [0.29, 0.717) is 19.1 Å². The third-order valence-electron chi connectivity index (χ3n) is 5.27. The van der Waals surface area contributed by atoms with Gasteiger partial charge in [-0.05, 0) is 56.9 Å². The van der Waals surface area contributed by atoms with Gasteiger partial charge in [-0.2, -0.15) is 0 Å². The minimum atomic E-state index is -0.0720. The smallest absolute Gasteiger partial charge is 0.252 e. The fourth-order valence-electron chi connectivity index (χ4n) is 3.66. The van der Waals surface area contributed by atoms with Crippen molar-refractivity contribution < 1.29 is 14.3 Å². The molecule has 1 amide bonds. The molecule has 1 aromatic heterocycles. The van der Waals surface area contributed by atoms with E-state index in [9.17, 15) is 4.79 Å². The van der Waals surface area contributed by atoms with Gasteiger partial charge in [0.15, 0.2) is 0 Å². The summed E-state index contributed by atoms with van der Waals surface area (Å²) in [5.41, 5.74) is 3.68. The number of hydrogen-bond donors (Lipinski definition) is 1. The maximum Gasteiger partial charge on any atom is 0.252 e. The Morgan fingerprint density at radius 3 is 2.93 bits per heavy atom. The van der Waals surface area contributed by atoms with Crippen LogP contribution in [0.4, 0.5) is 0 Å². The summed E-state index contributed by atoms with van der Waals surface area (Å²) >= 11 is 3.52. The Morgan fingerprint density at radius 1 is 1.41 bits per heavy atom. The molecule has 2 unspecified atom stereocenters. The first-order chi connectivity index (χ1) is 13.0. The van der Waals surface area contributed by atoms with Crippen LogP contribution in [0.1, 0.15) is 53.7 Å². The number of fused-ring (bicyclic) bond motifs is 1. The number of nitrogens with zero attached hydrogens (tertiary/aromatic N) is 1. The van der Waals surface area contributed by atoms with Crippen LogP contribution in [0, 0.1) is 6.92 Å². The van der Waals surface area contributed by atoms with Crippen LogP contribution in [0.3, 0.4) is 0 Å². The van der Waals surface area contributed by atoms with Gasteiger partial charge in [-0.1, -0.05) is 15.9 Å². The number of nitrogens with one attached hydrogen (secondary N) is 1. The summed E-state index contributed by atoms with van der Waals surface area (Å²) in [5.74, 6) is 0.436. The lowest BCUT2D eigenvalue weighted by Gasteiger charge is -2.19. The molecule has 1 saturated heterocycles. The van der Waals surface area contributed by atoms with E-state index in [0.717, 1.165) is 58.1 Å². The van der Waals surface area contributed by atoms with Crippen molar-refractivity contribution in [1.82, 2.24) is 10.3 Å². The number of halogens is 1. The highest BCUT2D eigenvalue weighted by molar-refractivity contribution is 9.10. The van der Waals surface area contributed by atoms with Crippen molar-refractivity contribution in [1.29, 1.82) is 0 Å². The monoisotopic (exact) mass is 432 g/mol. The van der Waals surface area contributed by atoms with Gasteiger partial charge in [0.25, 0.3) is 5.91 Å². The highest BCUT2D eigenvalue weighted by Crippen LogP contribution is 2.42. The number of rotatable bonds is 6. The topological polar surface area (TPSA) is 60.5 Å². The molecule has 1 aliphatic carbocycles. The molecule has 27 heavy (non-hydrogen) atoms. The van der Waals surface area contributed by atoms with E-state index in [-0.39, 0.29) is 18.1 Å². The van der Waals surface area contributed by atoms with Crippen molar-refractivity contribution in [2.45, 2.75) is 51.2 Å². The van der Waals surface area contributed by atoms with Gasteiger partial charge in [0.05, 0.1) is 30.4 Å². The molecule has 1 aliphatic heterocycles. The molecule has 5 nitrogen and oxygen atoms in total. The van der Waals surface area contributed by atoms with Crippen molar-refractivity contribution in [2.75, 3.05) is 19.8 Å². The average Bonchev–Trinajstić information content (AvgIpc) is 3.34. The van der Waals surface area contributed by atoms with Crippen molar-refractivity contribution in [3.8, 4) is 0 Å². The molecule has 2 fully saturated rings. The maximum atomic E-state index is 13.2. The van der Waals surface area contributed by atoms with E-state index in [2.05, 4.69) is 21.2 Å². The molecule has 6 heteroatoms. The zero-order valence-corrected chi connectivity index (χ0v) is 17.3. The predicted molar refractivity (Wildman–Crippen MR) is 108 cm³/mol. The standard InChI is InChI=1S/C21H25BrN2O3/c1-12(10-27-16-7-8-26-11-16)23-21(25)19-13(2)20(14-3-4-14)24-18-6-5-15(22)9-17(18)19/h5-6,9,12,14,16H,3-4,7-8,10-11H2,1-2H3,(H,23,25). The molecular formula is C21H25BrN2O3. The summed E-state index contributed by atoms with van der Waals surface area (Å²) in [6.45, 7) is 5.89. The summed E-state index contributed by atoms with van der Waals surface area (Å²) < 4.78 is 12.1. The van der Waals surface area contributed by atoms with Gasteiger partial charge < -0.3 is 14.8 Å². The number of aromatic nitrogens is 1. The van der Waals surface area contributed by atoms with Crippen LogP contribution in [0.5, 0.6) is 0 Å². The molecule has 4 rings (SSSR count). The van der Waals surface area contributed by atoms with Crippen LogP contribution in [0.15, 0.2) is 22.7 Å². The van der Waals surface area contributed by atoms with Crippen LogP contribution >= 0.6 is 15.9 Å². The van der Waals surface area contributed by atoms with Gasteiger partial charge >= 0.3 is 0 Å². The molecule has 2 aromatic rings. The van der Waals surface area contributed by atoms with Gasteiger partial charge in [0.1, 0.15) is 0 Å². The second-order valence-electron chi connectivity index (χ2n) is 7.63. The summed E-state index contributed by atoms with van der Waals surface area (Å²) in [7, 11) is 0. The van der Waals surface area contributed by atoms with E-state index < -0.39 is 0 Å². The Balaban J connectivity index is 1.57. The molecule has 1 aromatic carbocycles. The van der Waals surface area contributed by atoms with Crippen molar-refractivity contribution >= 4 is 32.7 Å². The number of carbonyl (C=O) groups is 1. The maximum absolute atomic E-state index is 13.2. The van der Waals surface area contributed by atoms with Crippen molar-refractivity contribution in [2.24, 2.45) is 0 Å². The summed E-state index contributed by atoms with van der Waals surface area (Å²) in [5, 5.41) is 4.00. The number of amides is 1. The van der Waals surface area contributed by atoms with Crippen LogP contribution < -0.4 is 5.32 Å². The first kappa shape index (κ1) is 18.8. The molecule has 2 heterocycles. The van der Waals surface area contributed by atoms with Gasteiger partial charge in [0.2, 0.25) is 0 Å². The summed E-state index contributed by atoms with van der Waals surface area (Å²) in [6.07, 6.45) is 3.38. The number of carbonyl (C=O) groups excluding carboxylic acids is 1. The number of ether oxygens (including phenoxy) is 2. The Bertz CT molecular complexity index is 860. The lowest BCUT2D eigenvalue weighted by molar-refractivity contribution is 0.0318. The normalized spacial score (nSPS) is 20.8. The molecule has 1 N–H and O–H groups in total. The van der Waals surface area contributed by atoms with Crippen LogP contribution in [0.25, 0.3) is 10.9 Å². The van der Waals surface area contributed by atoms with Gasteiger partial charge in [0, 0.05) is 34.1 Å². The van der Waals surface area contributed by atoms with E-state index >= 15 is 0 Å². The Morgan fingerprint density at radius 2 is 2.22 bits per heavy atom. The number of pyridine rings is 1. The minimum absolute atomic E-state index is 0.0568. The summed E-state index contributed by atoms with van der Waals surface area (Å²) in [4.78, 5) is 18.0. The zero-order valence-electron chi connectivity index (χ0n) is 15.8. The van der Waals surface area contributed by atoms with Gasteiger partial charge in [-0.3, -0.25) is 9.78 Å². The number of benzene rings is 1. The number of hydrogen-bond acceptors (Lipinski definition) is 4. The molecule has 1 saturated carbocycles. The Labute approximate surface area is 168 Å². The third-order valence-corrected chi connectivity index (χ3v) is 5.76. The predicted octanol–water partition coefficient (Wildman–Crippen LogP) is 4.11. The molecular weight excluding hydrogens is 408 g/mol. The lowest BCUT2D eigenvalue weighted by atomic mass is 9.98. The molecule has 0 bridgehead atoms.